The second kappa shape index (κ2) is 5.13. The first-order chi connectivity index (χ1) is 9.24. The minimum Gasteiger partial charge on any atom is -0.316 e. The Hall–Kier alpha value is -1.68. The molecule has 1 fully saturated rings. The van der Waals surface area contributed by atoms with Crippen LogP contribution in [0.3, 0.4) is 0 Å². The molecule has 19 heavy (non-hydrogen) atoms. The molecule has 3 heterocycles. The van der Waals surface area contributed by atoms with Gasteiger partial charge in [0.05, 0.1) is 0 Å². The number of nitrogens with zero attached hydrogens (tertiary/aromatic N) is 2. The fourth-order valence-electron chi connectivity index (χ4n) is 2.86. The number of piperidine rings is 1. The summed E-state index contributed by atoms with van der Waals surface area (Å²) in [5.74, 6) is 0.605. The van der Waals surface area contributed by atoms with Gasteiger partial charge in [0.2, 0.25) is 0 Å². The molecular formula is C15H19N3O. The van der Waals surface area contributed by atoms with Gasteiger partial charge in [-0.3, -0.25) is 9.20 Å². The molecule has 2 aromatic heterocycles. The third-order valence-electron chi connectivity index (χ3n) is 3.83. The maximum absolute atomic E-state index is 12.2. The van der Waals surface area contributed by atoms with Gasteiger partial charge in [-0.25, -0.2) is 4.98 Å². The Bertz CT molecular complexity index is 641. The number of hydrogen-bond donors (Lipinski definition) is 1. The summed E-state index contributed by atoms with van der Waals surface area (Å²) < 4.78 is 1.67. The summed E-state index contributed by atoms with van der Waals surface area (Å²) in [4.78, 5) is 16.8. The third-order valence-corrected chi connectivity index (χ3v) is 3.83. The zero-order valence-corrected chi connectivity index (χ0v) is 11.2. The van der Waals surface area contributed by atoms with Crippen molar-refractivity contribution in [2.24, 2.45) is 5.92 Å². The molecular weight excluding hydrogens is 238 g/mol. The lowest BCUT2D eigenvalue weighted by Crippen LogP contribution is -2.31. The standard InChI is InChI=1S/C15H19N3O/c1-11-4-2-6-14-17-13(9-15(19)18(11)14)8-12-5-3-7-16-10-12/h2,4,6,9,12,16H,3,5,7-8,10H2,1H3. The molecule has 0 bridgehead atoms. The maximum Gasteiger partial charge on any atom is 0.258 e. The summed E-state index contributed by atoms with van der Waals surface area (Å²) in [6, 6.07) is 7.47. The van der Waals surface area contributed by atoms with Crippen LogP contribution in [0, 0.1) is 12.8 Å². The zero-order chi connectivity index (χ0) is 13.2. The highest BCUT2D eigenvalue weighted by Gasteiger charge is 2.15. The topological polar surface area (TPSA) is 46.4 Å². The van der Waals surface area contributed by atoms with Crippen molar-refractivity contribution in [3.8, 4) is 0 Å². The van der Waals surface area contributed by atoms with E-state index >= 15 is 0 Å². The molecule has 0 aromatic carbocycles. The van der Waals surface area contributed by atoms with Crippen molar-refractivity contribution in [2.45, 2.75) is 26.2 Å². The van der Waals surface area contributed by atoms with Crippen molar-refractivity contribution < 1.29 is 0 Å². The molecule has 1 aliphatic heterocycles. The summed E-state index contributed by atoms with van der Waals surface area (Å²) in [6.45, 7) is 4.08. The van der Waals surface area contributed by atoms with Gasteiger partial charge in [-0.1, -0.05) is 6.07 Å². The molecule has 0 radical (unpaired) electrons. The lowest BCUT2D eigenvalue weighted by molar-refractivity contribution is 0.373. The van der Waals surface area contributed by atoms with E-state index in [1.165, 1.54) is 12.8 Å². The molecule has 1 saturated heterocycles. The minimum atomic E-state index is 0.0295. The van der Waals surface area contributed by atoms with E-state index in [0.717, 1.165) is 36.5 Å². The Morgan fingerprint density at radius 2 is 2.37 bits per heavy atom. The second-order valence-electron chi connectivity index (χ2n) is 5.36. The van der Waals surface area contributed by atoms with Crippen LogP contribution < -0.4 is 10.9 Å². The third kappa shape index (κ3) is 2.54. The number of fused-ring (bicyclic) bond motifs is 1. The van der Waals surface area contributed by atoms with Crippen molar-refractivity contribution >= 4 is 5.65 Å². The Kier molecular flexibility index (Phi) is 3.34. The van der Waals surface area contributed by atoms with Crippen LogP contribution in [0.15, 0.2) is 29.1 Å². The Balaban J connectivity index is 1.94. The average molecular weight is 257 g/mol. The summed E-state index contributed by atoms with van der Waals surface area (Å²) >= 11 is 0. The van der Waals surface area contributed by atoms with Crippen LogP contribution in [-0.4, -0.2) is 22.5 Å². The van der Waals surface area contributed by atoms with Crippen LogP contribution in [0.2, 0.25) is 0 Å². The average Bonchev–Trinajstić information content (AvgIpc) is 2.39. The van der Waals surface area contributed by atoms with Crippen molar-refractivity contribution in [1.82, 2.24) is 14.7 Å². The summed E-state index contributed by atoms with van der Waals surface area (Å²) in [6.07, 6.45) is 3.34. The second-order valence-corrected chi connectivity index (χ2v) is 5.36. The summed E-state index contributed by atoms with van der Waals surface area (Å²) in [7, 11) is 0. The van der Waals surface area contributed by atoms with E-state index in [1.807, 2.05) is 25.1 Å². The number of pyridine rings is 1. The van der Waals surface area contributed by atoms with Gasteiger partial charge in [0.15, 0.2) is 0 Å². The summed E-state index contributed by atoms with van der Waals surface area (Å²) in [5.41, 5.74) is 2.64. The van der Waals surface area contributed by atoms with Gasteiger partial charge in [-0.15, -0.1) is 0 Å². The first-order valence-corrected chi connectivity index (χ1v) is 6.93. The van der Waals surface area contributed by atoms with E-state index in [9.17, 15) is 4.79 Å². The van der Waals surface area contributed by atoms with E-state index in [2.05, 4.69) is 10.3 Å². The minimum absolute atomic E-state index is 0.0295. The molecule has 3 rings (SSSR count). The molecule has 4 nitrogen and oxygen atoms in total. The molecule has 0 amide bonds. The van der Waals surface area contributed by atoms with Gasteiger partial charge in [0.1, 0.15) is 5.65 Å². The van der Waals surface area contributed by atoms with Crippen LogP contribution in [0.4, 0.5) is 0 Å². The largest absolute Gasteiger partial charge is 0.316 e. The molecule has 4 heteroatoms. The molecule has 1 unspecified atom stereocenters. The molecule has 1 aliphatic rings. The van der Waals surface area contributed by atoms with E-state index in [4.69, 9.17) is 0 Å². The predicted molar refractivity (Wildman–Crippen MR) is 75.5 cm³/mol. The highest BCUT2D eigenvalue weighted by Crippen LogP contribution is 2.15. The highest BCUT2D eigenvalue weighted by atomic mass is 16.1. The Labute approximate surface area is 112 Å². The van der Waals surface area contributed by atoms with E-state index in [0.29, 0.717) is 5.92 Å². The Morgan fingerprint density at radius 3 is 3.16 bits per heavy atom. The van der Waals surface area contributed by atoms with Gasteiger partial charge >= 0.3 is 0 Å². The zero-order valence-electron chi connectivity index (χ0n) is 11.2. The molecule has 1 N–H and O–H groups in total. The number of hydrogen-bond acceptors (Lipinski definition) is 3. The van der Waals surface area contributed by atoms with Gasteiger partial charge < -0.3 is 5.32 Å². The lowest BCUT2D eigenvalue weighted by atomic mass is 9.94. The lowest BCUT2D eigenvalue weighted by Gasteiger charge is -2.22. The first-order valence-electron chi connectivity index (χ1n) is 6.93. The van der Waals surface area contributed by atoms with Crippen LogP contribution in [-0.2, 0) is 6.42 Å². The van der Waals surface area contributed by atoms with Crippen LogP contribution in [0.1, 0.15) is 24.2 Å². The molecule has 100 valence electrons. The predicted octanol–water partition coefficient (Wildman–Crippen LogP) is 1.55. The smallest absolute Gasteiger partial charge is 0.258 e. The molecule has 2 aromatic rings. The first kappa shape index (κ1) is 12.4. The normalized spacial score (nSPS) is 19.7. The van der Waals surface area contributed by atoms with Crippen molar-refractivity contribution in [1.29, 1.82) is 0 Å². The van der Waals surface area contributed by atoms with E-state index in [-0.39, 0.29) is 5.56 Å². The van der Waals surface area contributed by atoms with Gasteiger partial charge in [-0.2, -0.15) is 0 Å². The summed E-state index contributed by atoms with van der Waals surface area (Å²) in [5, 5.41) is 3.40. The van der Waals surface area contributed by atoms with Gasteiger partial charge in [0.25, 0.3) is 5.56 Å². The van der Waals surface area contributed by atoms with Gasteiger partial charge in [-0.05, 0) is 57.3 Å². The monoisotopic (exact) mass is 257 g/mol. The fraction of sp³-hybridized carbons (Fsp3) is 0.467. The fourth-order valence-corrected chi connectivity index (χ4v) is 2.86. The van der Waals surface area contributed by atoms with Crippen molar-refractivity contribution in [3.63, 3.8) is 0 Å². The SMILES string of the molecule is Cc1cccc2nc(CC3CCCNC3)cc(=O)n12. The van der Waals surface area contributed by atoms with Crippen LogP contribution in [0.25, 0.3) is 5.65 Å². The van der Waals surface area contributed by atoms with Crippen molar-refractivity contribution in [2.75, 3.05) is 13.1 Å². The number of nitrogens with one attached hydrogen (secondary N) is 1. The Morgan fingerprint density at radius 1 is 1.47 bits per heavy atom. The molecule has 0 saturated carbocycles. The highest BCUT2D eigenvalue weighted by molar-refractivity contribution is 5.40. The maximum atomic E-state index is 12.2. The van der Waals surface area contributed by atoms with Gasteiger partial charge in [0, 0.05) is 17.5 Å². The number of aryl methyl sites for hydroxylation is 1. The quantitative estimate of drug-likeness (QED) is 0.888. The van der Waals surface area contributed by atoms with E-state index in [1.54, 1.807) is 10.5 Å². The van der Waals surface area contributed by atoms with Crippen LogP contribution >= 0.6 is 0 Å². The number of rotatable bonds is 2. The molecule has 1 atom stereocenters. The number of aromatic nitrogens is 2. The van der Waals surface area contributed by atoms with Crippen LogP contribution in [0.5, 0.6) is 0 Å². The molecule has 0 aliphatic carbocycles. The van der Waals surface area contributed by atoms with Crippen molar-refractivity contribution in [3.05, 3.63) is 46.0 Å². The van der Waals surface area contributed by atoms with E-state index < -0.39 is 0 Å². The molecule has 0 spiro atoms.